The van der Waals surface area contributed by atoms with Gasteiger partial charge in [-0.05, 0) is 6.92 Å². The zero-order valence-electron chi connectivity index (χ0n) is 13.0. The highest BCUT2D eigenvalue weighted by molar-refractivity contribution is 7.99. The second-order valence-electron chi connectivity index (χ2n) is 5.10. The molecule has 8 nitrogen and oxygen atoms in total. The highest BCUT2D eigenvalue weighted by atomic mass is 32.2. The van der Waals surface area contributed by atoms with Crippen molar-refractivity contribution in [2.45, 2.75) is 31.5 Å². The fraction of sp³-hybridized carbons (Fsp3) is 0.538. The molecule has 0 fully saturated rings. The van der Waals surface area contributed by atoms with Crippen LogP contribution in [0.25, 0.3) is 0 Å². The SMILES string of the molecule is CC[C@@H](c1nnc(SCC(=O)Nc2cc(C)on2)o1)[NH+](C)C. The first-order valence-corrected chi connectivity index (χ1v) is 7.97. The Bertz CT molecular complexity index is 625. The van der Waals surface area contributed by atoms with Gasteiger partial charge in [0, 0.05) is 12.5 Å². The Kier molecular flexibility index (Phi) is 5.56. The van der Waals surface area contributed by atoms with Crippen molar-refractivity contribution in [1.82, 2.24) is 15.4 Å². The summed E-state index contributed by atoms with van der Waals surface area (Å²) in [5.41, 5.74) is 0. The van der Waals surface area contributed by atoms with Gasteiger partial charge in [-0.15, -0.1) is 10.2 Å². The first-order valence-electron chi connectivity index (χ1n) is 6.99. The molecule has 2 aromatic rings. The maximum Gasteiger partial charge on any atom is 0.277 e. The second kappa shape index (κ2) is 7.41. The number of rotatable bonds is 7. The summed E-state index contributed by atoms with van der Waals surface area (Å²) in [4.78, 5) is 13.0. The molecule has 0 aromatic carbocycles. The minimum absolute atomic E-state index is 0.161. The molecular weight excluding hydrogens is 306 g/mol. The van der Waals surface area contributed by atoms with Crippen LogP contribution in [-0.4, -0.2) is 41.1 Å². The number of carbonyl (C=O) groups excluding carboxylic acids is 1. The monoisotopic (exact) mass is 326 g/mol. The van der Waals surface area contributed by atoms with Gasteiger partial charge in [0.1, 0.15) is 5.76 Å². The maximum absolute atomic E-state index is 11.8. The fourth-order valence-corrected chi connectivity index (χ4v) is 2.55. The summed E-state index contributed by atoms with van der Waals surface area (Å²) in [6.07, 6.45) is 0.903. The summed E-state index contributed by atoms with van der Waals surface area (Å²) in [5.74, 6) is 1.60. The molecule has 22 heavy (non-hydrogen) atoms. The molecule has 0 spiro atoms. The highest BCUT2D eigenvalue weighted by Gasteiger charge is 2.22. The lowest BCUT2D eigenvalue weighted by molar-refractivity contribution is -0.894. The highest BCUT2D eigenvalue weighted by Crippen LogP contribution is 2.20. The lowest BCUT2D eigenvalue weighted by Crippen LogP contribution is -3.06. The van der Waals surface area contributed by atoms with Crippen molar-refractivity contribution in [2.75, 3.05) is 25.2 Å². The smallest absolute Gasteiger partial charge is 0.277 e. The van der Waals surface area contributed by atoms with E-state index in [9.17, 15) is 4.79 Å². The van der Waals surface area contributed by atoms with Crippen molar-refractivity contribution in [3.8, 4) is 0 Å². The van der Waals surface area contributed by atoms with E-state index in [1.807, 2.05) is 14.1 Å². The Morgan fingerprint density at radius 1 is 1.45 bits per heavy atom. The van der Waals surface area contributed by atoms with Crippen LogP contribution in [0.5, 0.6) is 0 Å². The average Bonchev–Trinajstić information content (AvgIpc) is 3.07. The first kappa shape index (κ1) is 16.5. The molecule has 2 N–H and O–H groups in total. The summed E-state index contributed by atoms with van der Waals surface area (Å²) in [6.45, 7) is 3.83. The molecule has 0 saturated heterocycles. The van der Waals surface area contributed by atoms with Gasteiger partial charge in [0.15, 0.2) is 11.9 Å². The lowest BCUT2D eigenvalue weighted by Gasteiger charge is -2.15. The van der Waals surface area contributed by atoms with Crippen LogP contribution >= 0.6 is 11.8 Å². The number of thioether (sulfide) groups is 1. The van der Waals surface area contributed by atoms with E-state index in [0.717, 1.165) is 6.42 Å². The van der Waals surface area contributed by atoms with Gasteiger partial charge in [0.05, 0.1) is 19.8 Å². The normalized spacial score (nSPS) is 12.6. The molecule has 0 aliphatic heterocycles. The van der Waals surface area contributed by atoms with Gasteiger partial charge in [-0.1, -0.05) is 23.8 Å². The van der Waals surface area contributed by atoms with Crippen LogP contribution in [0, 0.1) is 6.92 Å². The number of hydrogen-bond acceptors (Lipinski definition) is 7. The van der Waals surface area contributed by atoms with Gasteiger partial charge in [0.25, 0.3) is 11.1 Å². The molecule has 0 bridgehead atoms. The van der Waals surface area contributed by atoms with E-state index < -0.39 is 0 Å². The summed E-state index contributed by atoms with van der Waals surface area (Å²) >= 11 is 1.20. The molecule has 0 saturated carbocycles. The van der Waals surface area contributed by atoms with Crippen molar-refractivity contribution in [3.05, 3.63) is 17.7 Å². The van der Waals surface area contributed by atoms with Crippen LogP contribution in [0.3, 0.4) is 0 Å². The largest absolute Gasteiger partial charge is 0.410 e. The quantitative estimate of drug-likeness (QED) is 0.722. The summed E-state index contributed by atoms with van der Waals surface area (Å²) < 4.78 is 10.5. The summed E-state index contributed by atoms with van der Waals surface area (Å²) in [5, 5.41) is 14.7. The average molecular weight is 326 g/mol. The fourth-order valence-electron chi connectivity index (χ4n) is 1.98. The van der Waals surface area contributed by atoms with Crippen molar-refractivity contribution in [3.63, 3.8) is 0 Å². The molecule has 0 radical (unpaired) electrons. The molecule has 2 aromatic heterocycles. The standard InChI is InChI=1S/C13H19N5O3S/c1-5-9(18(3)4)12-15-16-13(20-12)22-7-11(19)14-10-6-8(2)21-17-10/h6,9H,5,7H2,1-4H3,(H,14,17,19)/p+1/t9-/m0/s1. The number of hydrogen-bond donors (Lipinski definition) is 2. The molecule has 9 heteroatoms. The van der Waals surface area contributed by atoms with Gasteiger partial charge < -0.3 is 19.2 Å². The lowest BCUT2D eigenvalue weighted by atomic mass is 10.2. The number of nitrogens with zero attached hydrogens (tertiary/aromatic N) is 3. The minimum atomic E-state index is -0.205. The Morgan fingerprint density at radius 2 is 2.23 bits per heavy atom. The van der Waals surface area contributed by atoms with Gasteiger partial charge in [0.2, 0.25) is 5.91 Å². The zero-order valence-corrected chi connectivity index (χ0v) is 13.9. The molecule has 2 rings (SSSR count). The van der Waals surface area contributed by atoms with Gasteiger partial charge >= 0.3 is 0 Å². The van der Waals surface area contributed by atoms with E-state index in [2.05, 4.69) is 27.6 Å². The molecule has 1 amide bonds. The first-order chi connectivity index (χ1) is 10.5. The number of carbonyl (C=O) groups is 1. The Morgan fingerprint density at radius 3 is 2.82 bits per heavy atom. The Labute approximate surface area is 132 Å². The number of anilines is 1. The predicted octanol–water partition coefficient (Wildman–Crippen LogP) is 0.692. The molecule has 2 heterocycles. The Balaban J connectivity index is 1.86. The van der Waals surface area contributed by atoms with Crippen LogP contribution < -0.4 is 10.2 Å². The van der Waals surface area contributed by atoms with Crippen LogP contribution in [0.1, 0.15) is 31.0 Å². The second-order valence-corrected chi connectivity index (χ2v) is 6.03. The molecule has 120 valence electrons. The van der Waals surface area contributed by atoms with Crippen molar-refractivity contribution < 1.29 is 18.6 Å². The van der Waals surface area contributed by atoms with Crippen LogP contribution in [-0.2, 0) is 4.79 Å². The summed E-state index contributed by atoms with van der Waals surface area (Å²) in [7, 11) is 4.08. The van der Waals surface area contributed by atoms with Crippen LogP contribution in [0.4, 0.5) is 5.82 Å². The zero-order chi connectivity index (χ0) is 16.1. The van der Waals surface area contributed by atoms with E-state index in [1.54, 1.807) is 13.0 Å². The number of aryl methyl sites for hydroxylation is 1. The van der Waals surface area contributed by atoms with Crippen molar-refractivity contribution in [2.24, 2.45) is 0 Å². The van der Waals surface area contributed by atoms with Crippen molar-refractivity contribution in [1.29, 1.82) is 0 Å². The topological polar surface area (TPSA) is 98.5 Å². The van der Waals surface area contributed by atoms with E-state index in [0.29, 0.717) is 22.7 Å². The molecular formula is C13H20N5O3S+. The molecule has 0 unspecified atom stereocenters. The number of aromatic nitrogens is 3. The van der Waals surface area contributed by atoms with Gasteiger partial charge in [-0.25, -0.2) is 0 Å². The van der Waals surface area contributed by atoms with E-state index in [1.165, 1.54) is 16.7 Å². The van der Waals surface area contributed by atoms with Crippen LogP contribution in [0.15, 0.2) is 20.2 Å². The minimum Gasteiger partial charge on any atom is -0.410 e. The molecule has 0 aliphatic carbocycles. The van der Waals surface area contributed by atoms with Crippen molar-refractivity contribution >= 4 is 23.5 Å². The number of nitrogens with one attached hydrogen (secondary N) is 2. The van der Waals surface area contributed by atoms with Gasteiger partial charge in [-0.2, -0.15) is 0 Å². The number of quaternary nitrogens is 1. The van der Waals surface area contributed by atoms with Crippen LogP contribution in [0.2, 0.25) is 0 Å². The molecule has 1 atom stereocenters. The van der Waals surface area contributed by atoms with E-state index in [-0.39, 0.29) is 17.7 Å². The summed E-state index contributed by atoms with van der Waals surface area (Å²) in [6, 6.07) is 1.81. The van der Waals surface area contributed by atoms with Gasteiger partial charge in [-0.3, -0.25) is 4.79 Å². The third-order valence-corrected chi connectivity index (χ3v) is 3.87. The van der Waals surface area contributed by atoms with E-state index >= 15 is 0 Å². The maximum atomic E-state index is 11.8. The van der Waals surface area contributed by atoms with E-state index in [4.69, 9.17) is 8.94 Å². The predicted molar refractivity (Wildman–Crippen MR) is 80.7 cm³/mol. The third kappa shape index (κ3) is 4.31. The Hall–Kier alpha value is -1.87. The molecule has 0 aliphatic rings. The third-order valence-electron chi connectivity index (χ3n) is 3.05. The number of amides is 1.